The first kappa shape index (κ1) is 13.4. The average Bonchev–Trinajstić information content (AvgIpc) is 2.91. The number of aromatic carboxylic acids is 1. The van der Waals surface area contributed by atoms with E-state index < -0.39 is 11.5 Å². The SMILES string of the molecule is COCCn1nc(-c2cccs2)cc(C(=O)O)c1=O. The summed E-state index contributed by atoms with van der Waals surface area (Å²) < 4.78 is 6.01. The number of aromatic nitrogens is 2. The van der Waals surface area contributed by atoms with Crippen LogP contribution in [0.15, 0.2) is 28.4 Å². The van der Waals surface area contributed by atoms with Crippen LogP contribution in [0.4, 0.5) is 0 Å². The van der Waals surface area contributed by atoms with E-state index in [1.54, 1.807) is 0 Å². The molecule has 0 aliphatic heterocycles. The predicted molar refractivity (Wildman–Crippen MR) is 70.6 cm³/mol. The molecule has 0 fully saturated rings. The lowest BCUT2D eigenvalue weighted by molar-refractivity contribution is 0.0693. The quantitative estimate of drug-likeness (QED) is 0.893. The molecule has 0 saturated heterocycles. The van der Waals surface area contributed by atoms with E-state index in [-0.39, 0.29) is 12.1 Å². The Labute approximate surface area is 112 Å². The van der Waals surface area contributed by atoms with Gasteiger partial charge in [0.2, 0.25) is 0 Å². The van der Waals surface area contributed by atoms with Crippen LogP contribution in [0, 0.1) is 0 Å². The van der Waals surface area contributed by atoms with E-state index in [1.807, 2.05) is 17.5 Å². The summed E-state index contributed by atoms with van der Waals surface area (Å²) in [6.45, 7) is 0.509. The number of carboxylic acid groups (broad SMARTS) is 1. The molecule has 0 amide bonds. The minimum Gasteiger partial charge on any atom is -0.477 e. The van der Waals surface area contributed by atoms with Gasteiger partial charge in [-0.2, -0.15) is 5.10 Å². The summed E-state index contributed by atoms with van der Waals surface area (Å²) in [5.74, 6) is -1.25. The van der Waals surface area contributed by atoms with Crippen molar-refractivity contribution in [3.05, 3.63) is 39.5 Å². The maximum absolute atomic E-state index is 11.9. The number of rotatable bonds is 5. The van der Waals surface area contributed by atoms with Crippen molar-refractivity contribution < 1.29 is 14.6 Å². The number of carbonyl (C=O) groups is 1. The predicted octanol–water partition coefficient (Wildman–Crippen LogP) is 1.32. The highest BCUT2D eigenvalue weighted by molar-refractivity contribution is 7.13. The van der Waals surface area contributed by atoms with E-state index in [9.17, 15) is 9.59 Å². The molecule has 0 saturated carbocycles. The molecule has 0 aromatic carbocycles. The van der Waals surface area contributed by atoms with Crippen LogP contribution in [0.3, 0.4) is 0 Å². The summed E-state index contributed by atoms with van der Waals surface area (Å²) in [6, 6.07) is 4.97. The van der Waals surface area contributed by atoms with Gasteiger partial charge in [-0.05, 0) is 17.5 Å². The second-order valence-corrected chi connectivity index (χ2v) is 4.69. The fourth-order valence-corrected chi connectivity index (χ4v) is 2.25. The van der Waals surface area contributed by atoms with Crippen LogP contribution in [0.1, 0.15) is 10.4 Å². The van der Waals surface area contributed by atoms with E-state index in [0.29, 0.717) is 12.3 Å². The van der Waals surface area contributed by atoms with Gasteiger partial charge in [-0.25, -0.2) is 9.48 Å². The van der Waals surface area contributed by atoms with Crippen LogP contribution in [-0.2, 0) is 11.3 Å². The van der Waals surface area contributed by atoms with E-state index in [1.165, 1.54) is 24.5 Å². The number of carboxylic acids is 1. The molecule has 0 atom stereocenters. The summed E-state index contributed by atoms with van der Waals surface area (Å²) >= 11 is 1.43. The Morgan fingerprint density at radius 1 is 1.58 bits per heavy atom. The van der Waals surface area contributed by atoms with Crippen molar-refractivity contribution in [1.82, 2.24) is 9.78 Å². The monoisotopic (exact) mass is 280 g/mol. The molecule has 0 bridgehead atoms. The van der Waals surface area contributed by atoms with Crippen molar-refractivity contribution in [2.45, 2.75) is 6.54 Å². The molecule has 2 rings (SSSR count). The molecule has 0 spiro atoms. The van der Waals surface area contributed by atoms with Crippen molar-refractivity contribution >= 4 is 17.3 Å². The van der Waals surface area contributed by atoms with Gasteiger partial charge >= 0.3 is 5.97 Å². The summed E-state index contributed by atoms with van der Waals surface area (Å²) in [7, 11) is 1.51. The summed E-state index contributed by atoms with van der Waals surface area (Å²) in [5, 5.41) is 15.1. The van der Waals surface area contributed by atoms with Crippen molar-refractivity contribution in [3.8, 4) is 10.6 Å². The Morgan fingerprint density at radius 3 is 2.95 bits per heavy atom. The highest BCUT2D eigenvalue weighted by Crippen LogP contribution is 2.22. The van der Waals surface area contributed by atoms with Gasteiger partial charge in [-0.1, -0.05) is 6.07 Å². The highest BCUT2D eigenvalue weighted by atomic mass is 32.1. The zero-order chi connectivity index (χ0) is 13.8. The van der Waals surface area contributed by atoms with Crippen molar-refractivity contribution in [2.24, 2.45) is 0 Å². The minimum absolute atomic E-state index is 0.217. The number of ether oxygens (including phenoxy) is 1. The van der Waals surface area contributed by atoms with Crippen LogP contribution in [-0.4, -0.2) is 34.6 Å². The topological polar surface area (TPSA) is 81.4 Å². The Morgan fingerprint density at radius 2 is 2.37 bits per heavy atom. The lowest BCUT2D eigenvalue weighted by Crippen LogP contribution is -2.30. The number of thiophene rings is 1. The van der Waals surface area contributed by atoms with Crippen LogP contribution >= 0.6 is 11.3 Å². The van der Waals surface area contributed by atoms with Crippen molar-refractivity contribution in [3.63, 3.8) is 0 Å². The zero-order valence-electron chi connectivity index (χ0n) is 10.2. The van der Waals surface area contributed by atoms with E-state index in [4.69, 9.17) is 9.84 Å². The molecule has 7 heteroatoms. The van der Waals surface area contributed by atoms with Crippen LogP contribution in [0.25, 0.3) is 10.6 Å². The first-order valence-corrected chi connectivity index (χ1v) is 6.39. The molecule has 1 N–H and O–H groups in total. The number of hydrogen-bond acceptors (Lipinski definition) is 5. The van der Waals surface area contributed by atoms with Gasteiger partial charge in [0.25, 0.3) is 5.56 Å². The largest absolute Gasteiger partial charge is 0.477 e. The number of nitrogens with zero attached hydrogens (tertiary/aromatic N) is 2. The van der Waals surface area contributed by atoms with E-state index in [0.717, 1.165) is 9.56 Å². The molecule has 2 aromatic heterocycles. The number of hydrogen-bond donors (Lipinski definition) is 1. The second kappa shape index (κ2) is 5.77. The second-order valence-electron chi connectivity index (χ2n) is 3.75. The molecule has 19 heavy (non-hydrogen) atoms. The third-order valence-corrected chi connectivity index (χ3v) is 3.38. The third-order valence-electron chi connectivity index (χ3n) is 2.49. The van der Waals surface area contributed by atoms with Crippen LogP contribution in [0.5, 0.6) is 0 Å². The lowest BCUT2D eigenvalue weighted by Gasteiger charge is -2.07. The molecule has 2 heterocycles. The Hall–Kier alpha value is -1.99. The molecule has 0 aliphatic carbocycles. The highest BCUT2D eigenvalue weighted by Gasteiger charge is 2.15. The average molecular weight is 280 g/mol. The van der Waals surface area contributed by atoms with Gasteiger partial charge in [0, 0.05) is 7.11 Å². The minimum atomic E-state index is -1.25. The maximum Gasteiger partial charge on any atom is 0.341 e. The Kier molecular flexibility index (Phi) is 4.08. The van der Waals surface area contributed by atoms with Gasteiger partial charge in [0.05, 0.1) is 18.0 Å². The first-order valence-electron chi connectivity index (χ1n) is 5.51. The van der Waals surface area contributed by atoms with Gasteiger partial charge in [0.1, 0.15) is 11.3 Å². The molecular formula is C12H12N2O4S. The molecular weight excluding hydrogens is 268 g/mol. The molecule has 0 radical (unpaired) electrons. The standard InChI is InChI=1S/C12H12N2O4S/c1-18-5-4-14-11(15)8(12(16)17)7-9(13-14)10-3-2-6-19-10/h2-3,6-7H,4-5H2,1H3,(H,16,17). The zero-order valence-corrected chi connectivity index (χ0v) is 11.0. The smallest absolute Gasteiger partial charge is 0.341 e. The molecule has 0 aliphatic rings. The van der Waals surface area contributed by atoms with Crippen molar-refractivity contribution in [2.75, 3.05) is 13.7 Å². The van der Waals surface area contributed by atoms with Crippen molar-refractivity contribution in [1.29, 1.82) is 0 Å². The first-order chi connectivity index (χ1) is 9.13. The normalized spacial score (nSPS) is 10.6. The summed E-state index contributed by atoms with van der Waals surface area (Å²) in [6.07, 6.45) is 0. The van der Waals surface area contributed by atoms with Gasteiger partial charge in [-0.3, -0.25) is 4.79 Å². The Bertz CT molecular complexity index is 634. The molecule has 2 aromatic rings. The maximum atomic E-state index is 11.9. The van der Waals surface area contributed by atoms with Gasteiger partial charge in [0.15, 0.2) is 0 Å². The van der Waals surface area contributed by atoms with Gasteiger partial charge in [-0.15, -0.1) is 11.3 Å². The van der Waals surface area contributed by atoms with Crippen LogP contribution in [0.2, 0.25) is 0 Å². The van der Waals surface area contributed by atoms with E-state index >= 15 is 0 Å². The summed E-state index contributed by atoms with van der Waals surface area (Å²) in [5.41, 5.74) is -0.428. The number of methoxy groups -OCH3 is 1. The van der Waals surface area contributed by atoms with Crippen LogP contribution < -0.4 is 5.56 Å². The summed E-state index contributed by atoms with van der Waals surface area (Å²) in [4.78, 5) is 23.8. The fraction of sp³-hybridized carbons (Fsp3) is 0.250. The lowest BCUT2D eigenvalue weighted by atomic mass is 10.2. The third kappa shape index (κ3) is 2.88. The van der Waals surface area contributed by atoms with Gasteiger partial charge < -0.3 is 9.84 Å². The fourth-order valence-electron chi connectivity index (χ4n) is 1.57. The molecule has 0 unspecified atom stereocenters. The molecule has 6 nitrogen and oxygen atoms in total. The molecule has 100 valence electrons. The van der Waals surface area contributed by atoms with E-state index in [2.05, 4.69) is 5.10 Å². The Balaban J connectivity index is 2.54.